The van der Waals surface area contributed by atoms with E-state index in [0.29, 0.717) is 11.4 Å². The number of nitrogens with one attached hydrogen (secondary N) is 2. The van der Waals surface area contributed by atoms with Gasteiger partial charge in [-0.15, -0.1) is 0 Å². The van der Waals surface area contributed by atoms with Gasteiger partial charge in [-0.05, 0) is 30.3 Å². The third kappa shape index (κ3) is 5.45. The second kappa shape index (κ2) is 9.38. The number of benzene rings is 2. The first-order chi connectivity index (χ1) is 12.5. The van der Waals surface area contributed by atoms with E-state index in [1.807, 2.05) is 25.1 Å². The highest BCUT2D eigenvalue weighted by atomic mass is 16.6. The Labute approximate surface area is 151 Å². The number of methoxy groups -OCH3 is 1. The van der Waals surface area contributed by atoms with Crippen LogP contribution < -0.4 is 20.1 Å². The molecule has 8 nitrogen and oxygen atoms in total. The molecular formula is C18H21N3O5. The number of carbonyl (C=O) groups excluding carboxylic acids is 1. The molecule has 2 aromatic carbocycles. The van der Waals surface area contributed by atoms with Crippen molar-refractivity contribution < 1.29 is 19.2 Å². The molecule has 0 radical (unpaired) electrons. The Hall–Kier alpha value is -3.13. The van der Waals surface area contributed by atoms with Crippen molar-refractivity contribution in [1.82, 2.24) is 5.32 Å². The summed E-state index contributed by atoms with van der Waals surface area (Å²) in [6.45, 7) is 3.39. The Morgan fingerprint density at radius 1 is 1.23 bits per heavy atom. The van der Waals surface area contributed by atoms with E-state index in [-0.39, 0.29) is 24.0 Å². The summed E-state index contributed by atoms with van der Waals surface area (Å²) in [4.78, 5) is 22.4. The molecule has 138 valence electrons. The van der Waals surface area contributed by atoms with E-state index in [0.717, 1.165) is 18.7 Å². The van der Waals surface area contributed by atoms with Crippen molar-refractivity contribution in [3.05, 3.63) is 58.1 Å². The van der Waals surface area contributed by atoms with Crippen LogP contribution in [-0.2, 0) is 11.3 Å². The highest BCUT2D eigenvalue weighted by Gasteiger charge is 2.15. The maximum Gasteiger partial charge on any atom is 0.311 e. The molecule has 0 saturated heterocycles. The lowest BCUT2D eigenvalue weighted by molar-refractivity contribution is -0.385. The second-order valence-corrected chi connectivity index (χ2v) is 5.41. The molecule has 0 saturated carbocycles. The quantitative estimate of drug-likeness (QED) is 0.527. The molecule has 1 amide bonds. The molecule has 8 heteroatoms. The molecule has 2 aromatic rings. The molecule has 0 unspecified atom stereocenters. The standard InChI is InChI=1S/C18H21N3O5/c1-3-19-11-13-5-4-6-14(9-13)20-18(22)12-26-15-7-8-16(21(23)24)17(10-15)25-2/h4-10,19H,3,11-12H2,1-2H3,(H,20,22). The van der Waals surface area contributed by atoms with Crippen LogP contribution in [0.25, 0.3) is 0 Å². The summed E-state index contributed by atoms with van der Waals surface area (Å²) in [5.41, 5.74) is 1.57. The van der Waals surface area contributed by atoms with E-state index in [2.05, 4.69) is 10.6 Å². The lowest BCUT2D eigenvalue weighted by Crippen LogP contribution is -2.20. The van der Waals surface area contributed by atoms with Crippen molar-refractivity contribution in [3.63, 3.8) is 0 Å². The van der Waals surface area contributed by atoms with Crippen LogP contribution in [0, 0.1) is 10.1 Å². The Morgan fingerprint density at radius 2 is 2.04 bits per heavy atom. The van der Waals surface area contributed by atoms with Crippen LogP contribution in [-0.4, -0.2) is 31.1 Å². The third-order valence-electron chi connectivity index (χ3n) is 3.51. The first-order valence-electron chi connectivity index (χ1n) is 8.08. The number of nitro benzene ring substituents is 1. The normalized spacial score (nSPS) is 10.2. The molecule has 2 N–H and O–H groups in total. The van der Waals surface area contributed by atoms with Gasteiger partial charge in [-0.2, -0.15) is 0 Å². The van der Waals surface area contributed by atoms with Gasteiger partial charge in [-0.1, -0.05) is 19.1 Å². The summed E-state index contributed by atoms with van der Waals surface area (Å²) in [7, 11) is 1.33. The van der Waals surface area contributed by atoms with E-state index in [4.69, 9.17) is 9.47 Å². The summed E-state index contributed by atoms with van der Waals surface area (Å²) >= 11 is 0. The summed E-state index contributed by atoms with van der Waals surface area (Å²) in [6.07, 6.45) is 0. The Morgan fingerprint density at radius 3 is 2.73 bits per heavy atom. The second-order valence-electron chi connectivity index (χ2n) is 5.41. The van der Waals surface area contributed by atoms with Crippen LogP contribution in [0.1, 0.15) is 12.5 Å². The molecule has 0 aliphatic carbocycles. The molecule has 0 aliphatic rings. The van der Waals surface area contributed by atoms with E-state index in [1.54, 1.807) is 6.07 Å². The summed E-state index contributed by atoms with van der Waals surface area (Å²) in [5, 5.41) is 16.8. The van der Waals surface area contributed by atoms with Crippen LogP contribution in [0.4, 0.5) is 11.4 Å². The van der Waals surface area contributed by atoms with Gasteiger partial charge >= 0.3 is 5.69 Å². The minimum absolute atomic E-state index is 0.0732. The first-order valence-corrected chi connectivity index (χ1v) is 8.08. The molecule has 0 aliphatic heterocycles. The van der Waals surface area contributed by atoms with Crippen molar-refractivity contribution in [1.29, 1.82) is 0 Å². The van der Waals surface area contributed by atoms with Crippen LogP contribution >= 0.6 is 0 Å². The maximum absolute atomic E-state index is 12.0. The molecule has 0 atom stereocenters. The van der Waals surface area contributed by atoms with Gasteiger partial charge in [0.1, 0.15) is 5.75 Å². The zero-order valence-electron chi connectivity index (χ0n) is 14.7. The predicted molar refractivity (Wildman–Crippen MR) is 97.6 cm³/mol. The van der Waals surface area contributed by atoms with Gasteiger partial charge in [0, 0.05) is 24.4 Å². The van der Waals surface area contributed by atoms with Gasteiger partial charge in [0.25, 0.3) is 5.91 Å². The number of anilines is 1. The number of carbonyl (C=O) groups is 1. The fourth-order valence-corrected chi connectivity index (χ4v) is 2.27. The topological polar surface area (TPSA) is 103 Å². The van der Waals surface area contributed by atoms with E-state index >= 15 is 0 Å². The zero-order chi connectivity index (χ0) is 18.9. The smallest absolute Gasteiger partial charge is 0.311 e. The van der Waals surface area contributed by atoms with Crippen molar-refractivity contribution in [2.75, 3.05) is 25.6 Å². The molecule has 0 spiro atoms. The van der Waals surface area contributed by atoms with E-state index in [9.17, 15) is 14.9 Å². The van der Waals surface area contributed by atoms with Gasteiger partial charge in [-0.3, -0.25) is 14.9 Å². The molecule has 2 rings (SSSR count). The van der Waals surface area contributed by atoms with Crippen LogP contribution in [0.3, 0.4) is 0 Å². The van der Waals surface area contributed by atoms with Crippen molar-refractivity contribution in [2.24, 2.45) is 0 Å². The SMILES string of the molecule is CCNCc1cccc(NC(=O)COc2ccc([N+](=O)[O-])c(OC)c2)c1. The third-order valence-corrected chi connectivity index (χ3v) is 3.51. The lowest BCUT2D eigenvalue weighted by Gasteiger charge is -2.10. The number of amides is 1. The summed E-state index contributed by atoms with van der Waals surface area (Å²) in [6, 6.07) is 11.6. The van der Waals surface area contributed by atoms with Gasteiger partial charge in [-0.25, -0.2) is 0 Å². The summed E-state index contributed by atoms with van der Waals surface area (Å²) in [5.74, 6) is 0.0513. The van der Waals surface area contributed by atoms with Crippen molar-refractivity contribution in [3.8, 4) is 11.5 Å². The average molecular weight is 359 g/mol. The number of ether oxygens (including phenoxy) is 2. The Bertz CT molecular complexity index is 779. The van der Waals surface area contributed by atoms with Crippen molar-refractivity contribution >= 4 is 17.3 Å². The molecular weight excluding hydrogens is 338 g/mol. The number of hydrogen-bond donors (Lipinski definition) is 2. The van der Waals surface area contributed by atoms with Gasteiger partial charge in [0.15, 0.2) is 6.61 Å². The average Bonchev–Trinajstić information content (AvgIpc) is 2.64. The Balaban J connectivity index is 1.93. The largest absolute Gasteiger partial charge is 0.490 e. The minimum Gasteiger partial charge on any atom is -0.490 e. The van der Waals surface area contributed by atoms with Crippen LogP contribution in [0.15, 0.2) is 42.5 Å². The van der Waals surface area contributed by atoms with E-state index < -0.39 is 4.92 Å². The summed E-state index contributed by atoms with van der Waals surface area (Å²) < 4.78 is 10.4. The van der Waals surface area contributed by atoms with Gasteiger partial charge in [0.05, 0.1) is 12.0 Å². The van der Waals surface area contributed by atoms with Gasteiger partial charge in [0.2, 0.25) is 5.75 Å². The molecule has 0 fully saturated rings. The molecule has 0 aromatic heterocycles. The minimum atomic E-state index is -0.546. The van der Waals surface area contributed by atoms with Crippen LogP contribution in [0.5, 0.6) is 11.5 Å². The monoisotopic (exact) mass is 359 g/mol. The van der Waals surface area contributed by atoms with E-state index in [1.165, 1.54) is 25.3 Å². The number of nitro groups is 1. The fourth-order valence-electron chi connectivity index (χ4n) is 2.27. The lowest BCUT2D eigenvalue weighted by atomic mass is 10.2. The zero-order valence-corrected chi connectivity index (χ0v) is 14.7. The highest BCUT2D eigenvalue weighted by Crippen LogP contribution is 2.30. The Kier molecular flexibility index (Phi) is 6.92. The predicted octanol–water partition coefficient (Wildman–Crippen LogP) is 2.73. The molecule has 26 heavy (non-hydrogen) atoms. The number of hydrogen-bond acceptors (Lipinski definition) is 6. The number of rotatable bonds is 9. The maximum atomic E-state index is 12.0. The first kappa shape index (κ1) is 19.2. The number of nitrogens with zero attached hydrogens (tertiary/aromatic N) is 1. The van der Waals surface area contributed by atoms with Crippen molar-refractivity contribution in [2.45, 2.75) is 13.5 Å². The molecule has 0 heterocycles. The fraction of sp³-hybridized carbons (Fsp3) is 0.278. The molecule has 0 bridgehead atoms. The highest BCUT2D eigenvalue weighted by molar-refractivity contribution is 5.91. The van der Waals surface area contributed by atoms with Gasteiger partial charge < -0.3 is 20.1 Å². The van der Waals surface area contributed by atoms with Crippen LogP contribution in [0.2, 0.25) is 0 Å².